The second-order valence-corrected chi connectivity index (χ2v) is 7.33. The van der Waals surface area contributed by atoms with Crippen LogP contribution < -0.4 is 10.1 Å². The topological polar surface area (TPSA) is 67.0 Å². The summed E-state index contributed by atoms with van der Waals surface area (Å²) >= 11 is 5.85. The number of fused-ring (bicyclic) bond motifs is 1. The molecule has 0 aliphatic rings. The van der Waals surface area contributed by atoms with Crippen LogP contribution in [0.25, 0.3) is 22.0 Å². The molecule has 0 atom stereocenters. The van der Waals surface area contributed by atoms with Crippen LogP contribution in [-0.4, -0.2) is 22.7 Å². The summed E-state index contributed by atoms with van der Waals surface area (Å²) in [6.07, 6.45) is 0. The van der Waals surface area contributed by atoms with Crippen LogP contribution in [0.3, 0.4) is 0 Å². The molecule has 6 heteroatoms. The summed E-state index contributed by atoms with van der Waals surface area (Å²) < 4.78 is 5.48. The van der Waals surface area contributed by atoms with E-state index < -0.39 is 0 Å². The average Bonchev–Trinajstić information content (AvgIpc) is 3.09. The van der Waals surface area contributed by atoms with Crippen molar-refractivity contribution < 1.29 is 9.53 Å². The van der Waals surface area contributed by atoms with Crippen LogP contribution in [0.5, 0.6) is 5.75 Å². The maximum Gasteiger partial charge on any atom is 0.263 e. The van der Waals surface area contributed by atoms with Gasteiger partial charge in [-0.25, -0.2) is 0 Å². The Balaban J connectivity index is 1.50. The van der Waals surface area contributed by atoms with Crippen molar-refractivity contribution in [1.82, 2.24) is 10.2 Å². The third kappa shape index (κ3) is 4.10. The summed E-state index contributed by atoms with van der Waals surface area (Å²) in [5.74, 6) is 0.777. The van der Waals surface area contributed by atoms with Gasteiger partial charge in [-0.1, -0.05) is 35.9 Å². The number of carbonyl (C=O) groups is 1. The van der Waals surface area contributed by atoms with Crippen LogP contribution in [0.4, 0.5) is 5.82 Å². The van der Waals surface area contributed by atoms with Gasteiger partial charge in [-0.3, -0.25) is 9.89 Å². The molecule has 0 aliphatic heterocycles. The lowest BCUT2D eigenvalue weighted by Crippen LogP contribution is -2.20. The van der Waals surface area contributed by atoms with Gasteiger partial charge in [0.15, 0.2) is 12.4 Å². The van der Waals surface area contributed by atoms with Gasteiger partial charge >= 0.3 is 0 Å². The first-order valence-electron chi connectivity index (χ1n) is 9.24. The molecule has 2 N–H and O–H groups in total. The highest BCUT2D eigenvalue weighted by Crippen LogP contribution is 2.31. The van der Waals surface area contributed by atoms with E-state index in [4.69, 9.17) is 16.3 Å². The molecule has 0 unspecified atom stereocenters. The SMILES string of the molecule is Cc1cccc(C)c1-c1ccc2c(NC(=O)COc3ccc(Cl)cc3)n[nH]c2c1. The van der Waals surface area contributed by atoms with Crippen LogP contribution in [0.15, 0.2) is 60.7 Å². The fraction of sp³-hybridized carbons (Fsp3) is 0.130. The zero-order chi connectivity index (χ0) is 20.4. The molecule has 146 valence electrons. The molecule has 0 bridgehead atoms. The number of aromatic amines is 1. The number of rotatable bonds is 5. The van der Waals surface area contributed by atoms with E-state index in [0.29, 0.717) is 16.6 Å². The Labute approximate surface area is 173 Å². The first-order valence-corrected chi connectivity index (χ1v) is 9.62. The molecule has 5 nitrogen and oxygen atoms in total. The number of nitrogens with one attached hydrogen (secondary N) is 2. The highest BCUT2D eigenvalue weighted by molar-refractivity contribution is 6.30. The predicted octanol–water partition coefficient (Wildman–Crippen LogP) is 5.52. The lowest BCUT2D eigenvalue weighted by molar-refractivity contribution is -0.118. The van der Waals surface area contributed by atoms with Crippen LogP contribution in [0.1, 0.15) is 11.1 Å². The Morgan fingerprint density at radius 3 is 2.52 bits per heavy atom. The zero-order valence-corrected chi connectivity index (χ0v) is 16.9. The molecule has 0 spiro atoms. The van der Waals surface area contributed by atoms with Gasteiger partial charge < -0.3 is 10.1 Å². The van der Waals surface area contributed by atoms with E-state index in [0.717, 1.165) is 16.5 Å². The number of halogens is 1. The largest absolute Gasteiger partial charge is 0.484 e. The average molecular weight is 406 g/mol. The Morgan fingerprint density at radius 2 is 1.79 bits per heavy atom. The Bertz CT molecular complexity index is 1160. The van der Waals surface area contributed by atoms with E-state index in [1.165, 1.54) is 16.7 Å². The molecule has 0 radical (unpaired) electrons. The molecular weight excluding hydrogens is 386 g/mol. The van der Waals surface area contributed by atoms with Gasteiger partial charge in [0, 0.05) is 10.4 Å². The summed E-state index contributed by atoms with van der Waals surface area (Å²) in [7, 11) is 0. The van der Waals surface area contributed by atoms with E-state index in [1.807, 2.05) is 12.1 Å². The van der Waals surface area contributed by atoms with Crippen molar-refractivity contribution in [3.8, 4) is 16.9 Å². The fourth-order valence-corrected chi connectivity index (χ4v) is 3.51. The number of carbonyl (C=O) groups excluding carboxylic acids is 1. The molecule has 1 aromatic heterocycles. The lowest BCUT2D eigenvalue weighted by atomic mass is 9.95. The Morgan fingerprint density at radius 1 is 1.07 bits per heavy atom. The number of aromatic nitrogens is 2. The van der Waals surface area contributed by atoms with Crippen molar-refractivity contribution in [1.29, 1.82) is 0 Å². The monoisotopic (exact) mass is 405 g/mol. The van der Waals surface area contributed by atoms with Crippen molar-refractivity contribution in [2.45, 2.75) is 13.8 Å². The summed E-state index contributed by atoms with van der Waals surface area (Å²) in [4.78, 5) is 12.3. The molecule has 0 saturated heterocycles. The van der Waals surface area contributed by atoms with E-state index in [-0.39, 0.29) is 12.5 Å². The molecular formula is C23H20ClN3O2. The molecule has 0 aliphatic carbocycles. The molecule has 0 saturated carbocycles. The number of amides is 1. The van der Waals surface area contributed by atoms with Crippen LogP contribution in [0.2, 0.25) is 5.02 Å². The quantitative estimate of drug-likeness (QED) is 0.459. The third-order valence-electron chi connectivity index (χ3n) is 4.77. The maximum atomic E-state index is 12.3. The van der Waals surface area contributed by atoms with E-state index >= 15 is 0 Å². The number of benzene rings is 3. The molecule has 4 rings (SSSR count). The van der Waals surface area contributed by atoms with Gasteiger partial charge in [0.2, 0.25) is 0 Å². The second-order valence-electron chi connectivity index (χ2n) is 6.89. The first kappa shape index (κ1) is 19.0. The van der Waals surface area contributed by atoms with Crippen molar-refractivity contribution in [3.63, 3.8) is 0 Å². The highest BCUT2D eigenvalue weighted by Gasteiger charge is 2.12. The van der Waals surface area contributed by atoms with Crippen molar-refractivity contribution in [2.75, 3.05) is 11.9 Å². The molecule has 0 fully saturated rings. The number of H-pyrrole nitrogens is 1. The minimum absolute atomic E-state index is 0.115. The number of nitrogens with zero attached hydrogens (tertiary/aromatic N) is 1. The van der Waals surface area contributed by atoms with Gasteiger partial charge in [0.1, 0.15) is 5.75 Å². The van der Waals surface area contributed by atoms with Crippen LogP contribution >= 0.6 is 11.6 Å². The van der Waals surface area contributed by atoms with Crippen LogP contribution in [0, 0.1) is 13.8 Å². The summed E-state index contributed by atoms with van der Waals surface area (Å²) in [5, 5.41) is 11.5. The zero-order valence-electron chi connectivity index (χ0n) is 16.1. The van der Waals surface area contributed by atoms with E-state index in [9.17, 15) is 4.79 Å². The van der Waals surface area contributed by atoms with Gasteiger partial charge in [-0.05, 0) is 72.5 Å². The van der Waals surface area contributed by atoms with Crippen LogP contribution in [-0.2, 0) is 4.79 Å². The number of hydrogen-bond donors (Lipinski definition) is 2. The van der Waals surface area contributed by atoms with E-state index in [1.54, 1.807) is 24.3 Å². The molecule has 4 aromatic rings. The number of aryl methyl sites for hydroxylation is 2. The number of hydrogen-bond acceptors (Lipinski definition) is 3. The molecule has 3 aromatic carbocycles. The van der Waals surface area contributed by atoms with Gasteiger partial charge in [0.05, 0.1) is 5.52 Å². The van der Waals surface area contributed by atoms with Crippen molar-refractivity contribution in [2.24, 2.45) is 0 Å². The smallest absolute Gasteiger partial charge is 0.263 e. The van der Waals surface area contributed by atoms with Crippen molar-refractivity contribution >= 4 is 34.2 Å². The highest BCUT2D eigenvalue weighted by atomic mass is 35.5. The minimum Gasteiger partial charge on any atom is -0.484 e. The number of ether oxygens (including phenoxy) is 1. The third-order valence-corrected chi connectivity index (χ3v) is 5.03. The lowest BCUT2D eigenvalue weighted by Gasteiger charge is -2.10. The van der Waals surface area contributed by atoms with Gasteiger partial charge in [0.25, 0.3) is 5.91 Å². The Kier molecular flexibility index (Phi) is 5.23. The summed E-state index contributed by atoms with van der Waals surface area (Å²) in [6, 6.07) is 19.2. The van der Waals surface area contributed by atoms with E-state index in [2.05, 4.69) is 53.6 Å². The normalized spacial score (nSPS) is 10.9. The standard InChI is InChI=1S/C23H20ClN3O2/c1-14-4-3-5-15(2)22(14)16-6-11-19-20(12-16)26-27-23(19)25-21(28)13-29-18-9-7-17(24)8-10-18/h3-12H,13H2,1-2H3,(H2,25,26,27,28). The predicted molar refractivity (Wildman–Crippen MR) is 117 cm³/mol. The Hall–Kier alpha value is -3.31. The fourth-order valence-electron chi connectivity index (χ4n) is 3.39. The molecule has 29 heavy (non-hydrogen) atoms. The summed E-state index contributed by atoms with van der Waals surface area (Å²) in [5.41, 5.74) is 5.62. The second kappa shape index (κ2) is 7.97. The van der Waals surface area contributed by atoms with Gasteiger partial charge in [-0.2, -0.15) is 5.10 Å². The molecule has 1 heterocycles. The first-order chi connectivity index (χ1) is 14.0. The number of anilines is 1. The summed E-state index contributed by atoms with van der Waals surface area (Å²) in [6.45, 7) is 4.09. The minimum atomic E-state index is -0.285. The van der Waals surface area contributed by atoms with Crippen molar-refractivity contribution in [3.05, 3.63) is 76.8 Å². The van der Waals surface area contributed by atoms with Gasteiger partial charge in [-0.15, -0.1) is 0 Å². The molecule has 1 amide bonds. The maximum absolute atomic E-state index is 12.3.